The molecule has 9 heteroatoms. The third kappa shape index (κ3) is 4.40. The van der Waals surface area contributed by atoms with Gasteiger partial charge in [-0.25, -0.2) is 0 Å². The third-order valence-electron chi connectivity index (χ3n) is 4.40. The van der Waals surface area contributed by atoms with E-state index in [0.29, 0.717) is 41.5 Å². The number of rotatable bonds is 7. The van der Waals surface area contributed by atoms with Gasteiger partial charge in [-0.05, 0) is 30.7 Å². The first-order valence-electron chi connectivity index (χ1n) is 8.83. The van der Waals surface area contributed by atoms with Crippen molar-refractivity contribution in [1.29, 1.82) is 0 Å². The topological polar surface area (TPSA) is 105 Å². The van der Waals surface area contributed by atoms with Crippen LogP contribution in [0.5, 0.6) is 0 Å². The highest BCUT2D eigenvalue weighted by Crippen LogP contribution is 2.28. The number of benzene rings is 2. The van der Waals surface area contributed by atoms with Crippen LogP contribution in [0, 0.1) is 10.1 Å². The summed E-state index contributed by atoms with van der Waals surface area (Å²) in [7, 11) is 0. The Hall–Kier alpha value is -3.13. The van der Waals surface area contributed by atoms with E-state index >= 15 is 0 Å². The van der Waals surface area contributed by atoms with Gasteiger partial charge in [-0.1, -0.05) is 23.7 Å². The quantitative estimate of drug-likeness (QED) is 0.420. The van der Waals surface area contributed by atoms with Gasteiger partial charge in [0.2, 0.25) is 5.91 Å². The minimum absolute atomic E-state index is 0.0265. The Labute approximate surface area is 166 Å². The van der Waals surface area contributed by atoms with Crippen LogP contribution in [-0.2, 0) is 4.79 Å². The summed E-state index contributed by atoms with van der Waals surface area (Å²) in [5.41, 5.74) is 1.22. The van der Waals surface area contributed by atoms with E-state index in [1.54, 1.807) is 41.3 Å². The molecule has 1 saturated heterocycles. The van der Waals surface area contributed by atoms with Gasteiger partial charge >= 0.3 is 0 Å². The Balaban J connectivity index is 1.63. The fourth-order valence-corrected chi connectivity index (χ4v) is 3.24. The molecule has 0 radical (unpaired) electrons. The van der Waals surface area contributed by atoms with Crippen molar-refractivity contribution in [3.8, 4) is 0 Å². The van der Waals surface area contributed by atoms with E-state index in [0.717, 1.165) is 6.42 Å². The molecule has 1 aliphatic rings. The molecule has 2 aromatic rings. The van der Waals surface area contributed by atoms with E-state index < -0.39 is 4.92 Å². The van der Waals surface area contributed by atoms with E-state index in [1.165, 1.54) is 6.07 Å². The number of halogens is 1. The summed E-state index contributed by atoms with van der Waals surface area (Å²) in [5.74, 6) is -0.370. The molecular formula is C19H19ClN4O4. The smallest absolute Gasteiger partial charge is 0.292 e. The van der Waals surface area contributed by atoms with Crippen molar-refractivity contribution in [1.82, 2.24) is 5.32 Å². The Morgan fingerprint density at radius 2 is 2.00 bits per heavy atom. The fraction of sp³-hybridized carbons (Fsp3) is 0.263. The number of nitro groups is 1. The first-order valence-corrected chi connectivity index (χ1v) is 9.20. The highest BCUT2D eigenvalue weighted by Gasteiger charge is 2.26. The van der Waals surface area contributed by atoms with E-state index in [4.69, 9.17) is 11.6 Å². The van der Waals surface area contributed by atoms with E-state index in [-0.39, 0.29) is 24.0 Å². The van der Waals surface area contributed by atoms with Gasteiger partial charge in [0.05, 0.1) is 16.2 Å². The lowest BCUT2D eigenvalue weighted by Gasteiger charge is -2.20. The maximum Gasteiger partial charge on any atom is 0.292 e. The minimum atomic E-state index is -0.464. The highest BCUT2D eigenvalue weighted by molar-refractivity contribution is 6.31. The molecular weight excluding hydrogens is 384 g/mol. The number of nitro benzene ring substituents is 1. The standard InChI is InChI=1S/C19H19ClN4O4/c20-13-7-8-14(17(12-13)23-11-3-6-18(23)25)19(26)22-10-9-21-15-4-1-2-5-16(15)24(27)28/h1-2,4-5,7-8,12,21H,3,6,9-11H2,(H,22,26). The molecule has 3 rings (SSSR count). The van der Waals surface area contributed by atoms with Crippen LogP contribution in [0.15, 0.2) is 42.5 Å². The molecule has 1 fully saturated rings. The van der Waals surface area contributed by atoms with Crippen molar-refractivity contribution in [3.63, 3.8) is 0 Å². The predicted octanol–water partition coefficient (Wildman–Crippen LogP) is 3.22. The molecule has 0 spiro atoms. The lowest BCUT2D eigenvalue weighted by molar-refractivity contribution is -0.384. The molecule has 0 bridgehead atoms. The summed E-state index contributed by atoms with van der Waals surface area (Å²) >= 11 is 6.05. The second-order valence-corrected chi connectivity index (χ2v) is 6.70. The number of nitrogens with zero attached hydrogens (tertiary/aromatic N) is 2. The molecule has 1 aliphatic heterocycles. The van der Waals surface area contributed by atoms with Crippen LogP contribution >= 0.6 is 11.6 Å². The van der Waals surface area contributed by atoms with Crippen LogP contribution in [0.3, 0.4) is 0 Å². The molecule has 0 aliphatic carbocycles. The monoisotopic (exact) mass is 402 g/mol. The highest BCUT2D eigenvalue weighted by atomic mass is 35.5. The molecule has 0 aromatic heterocycles. The Bertz CT molecular complexity index is 919. The van der Waals surface area contributed by atoms with Gasteiger partial charge in [0, 0.05) is 37.1 Å². The number of hydrogen-bond donors (Lipinski definition) is 2. The summed E-state index contributed by atoms with van der Waals surface area (Å²) in [4.78, 5) is 36.8. The van der Waals surface area contributed by atoms with E-state index in [2.05, 4.69) is 10.6 Å². The number of nitrogens with one attached hydrogen (secondary N) is 2. The molecule has 28 heavy (non-hydrogen) atoms. The van der Waals surface area contributed by atoms with Gasteiger partial charge in [0.1, 0.15) is 5.69 Å². The van der Waals surface area contributed by atoms with Crippen LogP contribution in [0.4, 0.5) is 17.1 Å². The zero-order chi connectivity index (χ0) is 20.1. The number of carbonyl (C=O) groups excluding carboxylic acids is 2. The summed E-state index contributed by atoms with van der Waals surface area (Å²) in [6.07, 6.45) is 1.19. The van der Waals surface area contributed by atoms with Gasteiger partial charge in [0.15, 0.2) is 0 Å². The van der Waals surface area contributed by atoms with Crippen molar-refractivity contribution < 1.29 is 14.5 Å². The maximum absolute atomic E-state index is 12.6. The first-order chi connectivity index (χ1) is 13.5. The summed E-state index contributed by atoms with van der Waals surface area (Å²) in [5, 5.41) is 17.2. The number of hydrogen-bond acceptors (Lipinski definition) is 5. The Morgan fingerprint density at radius 3 is 2.71 bits per heavy atom. The predicted molar refractivity (Wildman–Crippen MR) is 107 cm³/mol. The maximum atomic E-state index is 12.6. The second-order valence-electron chi connectivity index (χ2n) is 6.27. The molecule has 146 valence electrons. The molecule has 0 unspecified atom stereocenters. The van der Waals surface area contributed by atoms with Crippen molar-refractivity contribution in [2.24, 2.45) is 0 Å². The van der Waals surface area contributed by atoms with Crippen molar-refractivity contribution >= 4 is 40.5 Å². The Morgan fingerprint density at radius 1 is 1.21 bits per heavy atom. The van der Waals surface area contributed by atoms with E-state index in [1.807, 2.05) is 0 Å². The zero-order valence-electron chi connectivity index (χ0n) is 15.0. The van der Waals surface area contributed by atoms with Crippen LogP contribution < -0.4 is 15.5 Å². The fourth-order valence-electron chi connectivity index (χ4n) is 3.07. The largest absolute Gasteiger partial charge is 0.378 e. The average molecular weight is 403 g/mol. The molecule has 8 nitrogen and oxygen atoms in total. The van der Waals surface area contributed by atoms with Crippen molar-refractivity contribution in [2.75, 3.05) is 29.9 Å². The van der Waals surface area contributed by atoms with Gasteiger partial charge in [-0.3, -0.25) is 19.7 Å². The van der Waals surface area contributed by atoms with Crippen LogP contribution in [0.2, 0.25) is 5.02 Å². The number of carbonyl (C=O) groups is 2. The summed E-state index contributed by atoms with van der Waals surface area (Å²) in [6, 6.07) is 11.1. The van der Waals surface area contributed by atoms with E-state index in [9.17, 15) is 19.7 Å². The van der Waals surface area contributed by atoms with Gasteiger partial charge in [-0.2, -0.15) is 0 Å². The molecule has 2 N–H and O–H groups in total. The third-order valence-corrected chi connectivity index (χ3v) is 4.63. The number of para-hydroxylation sites is 2. The van der Waals surface area contributed by atoms with Crippen LogP contribution in [0.25, 0.3) is 0 Å². The molecule has 0 atom stereocenters. The van der Waals surface area contributed by atoms with Crippen molar-refractivity contribution in [2.45, 2.75) is 12.8 Å². The molecule has 1 heterocycles. The first kappa shape index (κ1) is 19.6. The van der Waals surface area contributed by atoms with Gasteiger partial charge < -0.3 is 15.5 Å². The second kappa shape index (κ2) is 8.71. The number of amides is 2. The van der Waals surface area contributed by atoms with Gasteiger partial charge in [0.25, 0.3) is 11.6 Å². The van der Waals surface area contributed by atoms with Crippen molar-refractivity contribution in [3.05, 3.63) is 63.2 Å². The zero-order valence-corrected chi connectivity index (χ0v) is 15.7. The lowest BCUT2D eigenvalue weighted by Crippen LogP contribution is -2.32. The molecule has 0 saturated carbocycles. The minimum Gasteiger partial charge on any atom is -0.378 e. The van der Waals surface area contributed by atoms with Gasteiger partial charge in [-0.15, -0.1) is 0 Å². The van der Waals surface area contributed by atoms with Crippen LogP contribution in [-0.4, -0.2) is 36.4 Å². The summed E-state index contributed by atoms with van der Waals surface area (Å²) in [6.45, 7) is 1.11. The van der Waals surface area contributed by atoms with Crippen LogP contribution in [0.1, 0.15) is 23.2 Å². The normalized spacial score (nSPS) is 13.5. The molecule has 2 aromatic carbocycles. The Kier molecular flexibility index (Phi) is 6.10. The number of anilines is 2. The molecule has 2 amide bonds. The lowest BCUT2D eigenvalue weighted by atomic mass is 10.1. The SMILES string of the molecule is O=C(NCCNc1ccccc1[N+](=O)[O-])c1ccc(Cl)cc1N1CCCC1=O. The summed E-state index contributed by atoms with van der Waals surface area (Å²) < 4.78 is 0. The average Bonchev–Trinajstić information content (AvgIpc) is 3.11.